The van der Waals surface area contributed by atoms with E-state index < -0.39 is 0 Å². The van der Waals surface area contributed by atoms with Gasteiger partial charge >= 0.3 is 0 Å². The summed E-state index contributed by atoms with van der Waals surface area (Å²) in [5.41, 5.74) is 5.44. The Bertz CT molecular complexity index is 402. The molecular weight excluding hydrogens is 250 g/mol. The molecule has 1 aromatic heterocycles. The SMILES string of the molecule is CC(CNC(=O)c1nnc(N)s1)CN1CCCC1. The summed E-state index contributed by atoms with van der Waals surface area (Å²) in [7, 11) is 0. The first-order valence-electron chi connectivity index (χ1n) is 6.24. The zero-order valence-electron chi connectivity index (χ0n) is 10.6. The Morgan fingerprint density at radius 2 is 2.22 bits per heavy atom. The monoisotopic (exact) mass is 269 g/mol. The number of hydrogen-bond donors (Lipinski definition) is 2. The third-order valence-corrected chi connectivity index (χ3v) is 3.77. The van der Waals surface area contributed by atoms with Gasteiger partial charge in [0.05, 0.1) is 0 Å². The topological polar surface area (TPSA) is 84.1 Å². The van der Waals surface area contributed by atoms with E-state index in [1.165, 1.54) is 25.9 Å². The Morgan fingerprint density at radius 1 is 1.50 bits per heavy atom. The van der Waals surface area contributed by atoms with Gasteiger partial charge in [0.25, 0.3) is 5.91 Å². The van der Waals surface area contributed by atoms with Gasteiger partial charge in [0.15, 0.2) is 0 Å². The fraction of sp³-hybridized carbons (Fsp3) is 0.727. The van der Waals surface area contributed by atoms with Gasteiger partial charge in [-0.25, -0.2) is 0 Å². The van der Waals surface area contributed by atoms with Crippen molar-refractivity contribution < 1.29 is 4.79 Å². The molecule has 1 aliphatic heterocycles. The van der Waals surface area contributed by atoms with E-state index in [1.54, 1.807) is 0 Å². The molecule has 18 heavy (non-hydrogen) atoms. The van der Waals surface area contributed by atoms with Crippen LogP contribution < -0.4 is 11.1 Å². The number of carbonyl (C=O) groups is 1. The van der Waals surface area contributed by atoms with Crippen LogP contribution in [0.15, 0.2) is 0 Å². The van der Waals surface area contributed by atoms with Crippen LogP contribution in [0, 0.1) is 5.92 Å². The van der Waals surface area contributed by atoms with Crippen molar-refractivity contribution in [1.82, 2.24) is 20.4 Å². The fourth-order valence-corrected chi connectivity index (χ4v) is 2.67. The summed E-state index contributed by atoms with van der Waals surface area (Å²) < 4.78 is 0. The van der Waals surface area contributed by atoms with Gasteiger partial charge in [-0.1, -0.05) is 18.3 Å². The zero-order valence-corrected chi connectivity index (χ0v) is 11.4. The molecule has 1 aromatic rings. The molecule has 2 heterocycles. The lowest BCUT2D eigenvalue weighted by atomic mass is 10.1. The van der Waals surface area contributed by atoms with Crippen molar-refractivity contribution in [2.75, 3.05) is 31.9 Å². The Kier molecular flexibility index (Phi) is 4.48. The van der Waals surface area contributed by atoms with E-state index in [9.17, 15) is 4.79 Å². The molecule has 0 bridgehead atoms. The molecule has 1 fully saturated rings. The van der Waals surface area contributed by atoms with Crippen molar-refractivity contribution in [1.29, 1.82) is 0 Å². The Balaban J connectivity index is 1.71. The van der Waals surface area contributed by atoms with Gasteiger partial charge in [0.1, 0.15) is 0 Å². The number of rotatable bonds is 5. The standard InChI is InChI=1S/C11H19N5OS/c1-8(7-16-4-2-3-5-16)6-13-9(17)10-14-15-11(12)18-10/h8H,2-7H2,1H3,(H2,12,15)(H,13,17). The third-order valence-electron chi connectivity index (χ3n) is 3.01. The first kappa shape index (κ1) is 13.2. The van der Waals surface area contributed by atoms with Crippen LogP contribution in [0.25, 0.3) is 0 Å². The molecule has 0 saturated carbocycles. The van der Waals surface area contributed by atoms with E-state index in [2.05, 4.69) is 27.3 Å². The number of likely N-dealkylation sites (tertiary alicyclic amines) is 1. The summed E-state index contributed by atoms with van der Waals surface area (Å²) in [6.45, 7) is 6.22. The number of nitrogens with two attached hydrogens (primary N) is 1. The average molecular weight is 269 g/mol. The summed E-state index contributed by atoms with van der Waals surface area (Å²) >= 11 is 1.11. The molecule has 1 aliphatic rings. The lowest BCUT2D eigenvalue weighted by Crippen LogP contribution is -2.34. The van der Waals surface area contributed by atoms with E-state index in [0.29, 0.717) is 22.6 Å². The zero-order chi connectivity index (χ0) is 13.0. The van der Waals surface area contributed by atoms with Crippen LogP contribution >= 0.6 is 11.3 Å². The summed E-state index contributed by atoms with van der Waals surface area (Å²) in [6.07, 6.45) is 2.59. The van der Waals surface area contributed by atoms with Crippen LogP contribution in [0.2, 0.25) is 0 Å². The van der Waals surface area contributed by atoms with Crippen LogP contribution in [-0.2, 0) is 0 Å². The van der Waals surface area contributed by atoms with E-state index in [1.807, 2.05) is 0 Å². The number of nitrogen functional groups attached to an aromatic ring is 1. The number of amides is 1. The summed E-state index contributed by atoms with van der Waals surface area (Å²) in [4.78, 5) is 14.2. The minimum atomic E-state index is -0.183. The molecule has 2 rings (SSSR count). The molecule has 0 radical (unpaired) electrons. The first-order chi connectivity index (χ1) is 8.65. The van der Waals surface area contributed by atoms with E-state index in [-0.39, 0.29) is 5.91 Å². The Labute approximate surface area is 111 Å². The molecule has 0 spiro atoms. The van der Waals surface area contributed by atoms with Crippen LogP contribution in [-0.4, -0.2) is 47.2 Å². The molecule has 1 atom stereocenters. The van der Waals surface area contributed by atoms with Crippen molar-refractivity contribution in [2.24, 2.45) is 5.92 Å². The minimum Gasteiger partial charge on any atom is -0.374 e. The maximum absolute atomic E-state index is 11.7. The van der Waals surface area contributed by atoms with E-state index in [4.69, 9.17) is 5.73 Å². The largest absolute Gasteiger partial charge is 0.374 e. The fourth-order valence-electron chi connectivity index (χ4n) is 2.14. The second-order valence-corrected chi connectivity index (χ2v) is 5.78. The first-order valence-corrected chi connectivity index (χ1v) is 7.06. The minimum absolute atomic E-state index is 0.183. The lowest BCUT2D eigenvalue weighted by molar-refractivity contribution is 0.0944. The molecule has 1 saturated heterocycles. The van der Waals surface area contributed by atoms with Crippen molar-refractivity contribution in [3.8, 4) is 0 Å². The smallest absolute Gasteiger partial charge is 0.282 e. The highest BCUT2D eigenvalue weighted by Crippen LogP contribution is 2.12. The van der Waals surface area contributed by atoms with Gasteiger partial charge < -0.3 is 16.0 Å². The second-order valence-electron chi connectivity index (χ2n) is 4.77. The van der Waals surface area contributed by atoms with E-state index >= 15 is 0 Å². The van der Waals surface area contributed by atoms with Gasteiger partial charge in [-0.15, -0.1) is 10.2 Å². The van der Waals surface area contributed by atoms with Crippen LogP contribution in [0.1, 0.15) is 29.6 Å². The molecule has 1 unspecified atom stereocenters. The predicted octanol–water partition coefficient (Wildman–Crippen LogP) is 0.582. The van der Waals surface area contributed by atoms with Gasteiger partial charge in [-0.3, -0.25) is 4.79 Å². The van der Waals surface area contributed by atoms with Crippen LogP contribution in [0.5, 0.6) is 0 Å². The van der Waals surface area contributed by atoms with Crippen molar-refractivity contribution in [3.05, 3.63) is 5.01 Å². The molecular formula is C11H19N5OS. The molecule has 0 aromatic carbocycles. The van der Waals surface area contributed by atoms with Gasteiger partial charge in [-0.2, -0.15) is 0 Å². The lowest BCUT2D eigenvalue weighted by Gasteiger charge is -2.20. The number of hydrogen-bond acceptors (Lipinski definition) is 6. The van der Waals surface area contributed by atoms with Crippen LogP contribution in [0.3, 0.4) is 0 Å². The second kappa shape index (κ2) is 6.10. The summed E-state index contributed by atoms with van der Waals surface area (Å²) in [5, 5.41) is 10.9. The summed E-state index contributed by atoms with van der Waals surface area (Å²) in [5.74, 6) is 0.259. The van der Waals surface area contributed by atoms with Crippen LogP contribution in [0.4, 0.5) is 5.13 Å². The number of nitrogens with zero attached hydrogens (tertiary/aromatic N) is 3. The highest BCUT2D eigenvalue weighted by molar-refractivity contribution is 7.16. The van der Waals surface area contributed by atoms with Gasteiger partial charge in [0, 0.05) is 13.1 Å². The predicted molar refractivity (Wildman–Crippen MR) is 71.5 cm³/mol. The molecule has 6 nitrogen and oxygen atoms in total. The maximum atomic E-state index is 11.7. The van der Waals surface area contributed by atoms with Crippen molar-refractivity contribution in [3.63, 3.8) is 0 Å². The van der Waals surface area contributed by atoms with Crippen molar-refractivity contribution in [2.45, 2.75) is 19.8 Å². The maximum Gasteiger partial charge on any atom is 0.282 e. The molecule has 7 heteroatoms. The third kappa shape index (κ3) is 3.64. The Morgan fingerprint density at radius 3 is 2.83 bits per heavy atom. The number of aromatic nitrogens is 2. The highest BCUT2D eigenvalue weighted by atomic mass is 32.1. The van der Waals surface area contributed by atoms with Gasteiger partial charge in [0.2, 0.25) is 10.1 Å². The normalized spacial score (nSPS) is 17.8. The van der Waals surface area contributed by atoms with Crippen molar-refractivity contribution >= 4 is 22.4 Å². The highest BCUT2D eigenvalue weighted by Gasteiger charge is 2.16. The average Bonchev–Trinajstić information content (AvgIpc) is 2.97. The number of nitrogens with one attached hydrogen (secondary N) is 1. The number of anilines is 1. The molecule has 100 valence electrons. The van der Waals surface area contributed by atoms with E-state index in [0.717, 1.165) is 17.9 Å². The summed E-state index contributed by atoms with van der Waals surface area (Å²) in [6, 6.07) is 0. The molecule has 3 N–H and O–H groups in total. The quantitative estimate of drug-likeness (QED) is 0.817. The molecule has 1 amide bonds. The molecule has 0 aliphatic carbocycles. The Hall–Kier alpha value is -1.21. The van der Waals surface area contributed by atoms with Gasteiger partial charge in [-0.05, 0) is 31.8 Å². The number of carbonyl (C=O) groups excluding carboxylic acids is 1.